The van der Waals surface area contributed by atoms with Crippen molar-refractivity contribution in [1.82, 2.24) is 10.6 Å². The maximum atomic E-state index is 12.6. The van der Waals surface area contributed by atoms with Gasteiger partial charge in [-0.2, -0.15) is 0 Å². The van der Waals surface area contributed by atoms with Crippen LogP contribution in [0.3, 0.4) is 0 Å². The highest BCUT2D eigenvalue weighted by Crippen LogP contribution is 2.65. The lowest BCUT2D eigenvalue weighted by atomic mass is 9.48. The Hall–Kier alpha value is -0.580. The van der Waals surface area contributed by atoms with Gasteiger partial charge in [0.2, 0.25) is 11.8 Å². The minimum Gasteiger partial charge on any atom is -0.350 e. The van der Waals surface area contributed by atoms with Crippen LogP contribution in [0.1, 0.15) is 72.6 Å². The summed E-state index contributed by atoms with van der Waals surface area (Å²) in [6, 6.07) is -0.483. The lowest BCUT2D eigenvalue weighted by Gasteiger charge is -2.60. The first-order valence-corrected chi connectivity index (χ1v) is 10.1. The summed E-state index contributed by atoms with van der Waals surface area (Å²) >= 11 is 3.99. The third-order valence-electron chi connectivity index (χ3n) is 5.92. The molecule has 0 aliphatic heterocycles. The van der Waals surface area contributed by atoms with Gasteiger partial charge in [-0.25, -0.2) is 0 Å². The highest BCUT2D eigenvalue weighted by molar-refractivity contribution is 9.10. The molecule has 0 spiro atoms. The van der Waals surface area contributed by atoms with Crippen molar-refractivity contribution in [1.29, 1.82) is 0 Å². The molecule has 0 aromatic rings. The lowest BCUT2D eigenvalue weighted by Crippen LogP contribution is -2.55. The van der Waals surface area contributed by atoms with Crippen LogP contribution in [0.2, 0.25) is 0 Å². The van der Waals surface area contributed by atoms with E-state index < -0.39 is 6.04 Å². The summed E-state index contributed by atoms with van der Waals surface area (Å²) in [6.07, 6.45) is 7.96. The van der Waals surface area contributed by atoms with E-state index in [1.54, 1.807) is 6.92 Å². The van der Waals surface area contributed by atoms with Gasteiger partial charge in [-0.1, -0.05) is 15.9 Å². The van der Waals surface area contributed by atoms with Crippen LogP contribution in [0.15, 0.2) is 0 Å². The molecule has 136 valence electrons. The fraction of sp³-hybridized carbons (Fsp3) is 0.895. The van der Waals surface area contributed by atoms with Crippen molar-refractivity contribution in [2.75, 3.05) is 0 Å². The van der Waals surface area contributed by atoms with Crippen LogP contribution >= 0.6 is 15.9 Å². The van der Waals surface area contributed by atoms with Crippen LogP contribution in [-0.4, -0.2) is 27.7 Å². The van der Waals surface area contributed by atoms with E-state index in [0.29, 0.717) is 6.42 Å². The third kappa shape index (κ3) is 3.97. The van der Waals surface area contributed by atoms with Crippen LogP contribution < -0.4 is 10.6 Å². The average molecular weight is 399 g/mol. The monoisotopic (exact) mass is 398 g/mol. The van der Waals surface area contributed by atoms with Gasteiger partial charge >= 0.3 is 0 Å². The van der Waals surface area contributed by atoms with Gasteiger partial charge in [0.25, 0.3) is 0 Å². The van der Waals surface area contributed by atoms with E-state index >= 15 is 0 Å². The molecule has 2 amide bonds. The normalized spacial score (nSPS) is 38.7. The number of nitrogens with one attached hydrogen (secondary N) is 2. The van der Waals surface area contributed by atoms with Crippen LogP contribution in [0.5, 0.6) is 0 Å². The van der Waals surface area contributed by atoms with E-state index in [1.165, 1.54) is 32.1 Å². The smallest absolute Gasteiger partial charge is 0.242 e. The molecule has 0 aromatic carbocycles. The molecular weight excluding hydrogens is 368 g/mol. The number of hydrogen-bond acceptors (Lipinski definition) is 2. The molecule has 4 saturated carbocycles. The molecule has 0 aromatic heterocycles. The molecule has 3 unspecified atom stereocenters. The lowest BCUT2D eigenvalue weighted by molar-refractivity contribution is -0.133. The van der Waals surface area contributed by atoms with Gasteiger partial charge in [-0.3, -0.25) is 9.59 Å². The average Bonchev–Trinajstić information content (AvgIpc) is 2.31. The molecule has 4 rings (SSSR count). The topological polar surface area (TPSA) is 58.2 Å². The summed E-state index contributed by atoms with van der Waals surface area (Å²) in [5.74, 6) is 1.48. The van der Waals surface area contributed by atoms with Crippen LogP contribution in [0, 0.1) is 17.3 Å². The summed E-state index contributed by atoms with van der Waals surface area (Å²) in [5, 5.41) is 5.85. The Morgan fingerprint density at radius 2 is 1.75 bits per heavy atom. The van der Waals surface area contributed by atoms with E-state index in [2.05, 4.69) is 26.6 Å². The molecule has 4 aliphatic carbocycles. The molecule has 0 saturated heterocycles. The van der Waals surface area contributed by atoms with E-state index in [-0.39, 0.29) is 27.1 Å². The molecule has 4 bridgehead atoms. The van der Waals surface area contributed by atoms with Crippen molar-refractivity contribution in [3.05, 3.63) is 0 Å². The number of halogens is 1. The molecule has 2 N–H and O–H groups in total. The van der Waals surface area contributed by atoms with Crippen molar-refractivity contribution >= 4 is 27.7 Å². The van der Waals surface area contributed by atoms with Gasteiger partial charge in [0.05, 0.1) is 0 Å². The Balaban J connectivity index is 1.58. The van der Waals surface area contributed by atoms with Crippen molar-refractivity contribution < 1.29 is 9.59 Å². The minimum atomic E-state index is -0.483. The number of amides is 2. The first kappa shape index (κ1) is 18.2. The second-order valence-electron chi connectivity index (χ2n) is 9.82. The van der Waals surface area contributed by atoms with Crippen LogP contribution in [0.25, 0.3) is 0 Å². The van der Waals surface area contributed by atoms with Crippen LogP contribution in [0.4, 0.5) is 0 Å². The Morgan fingerprint density at radius 3 is 2.25 bits per heavy atom. The van der Waals surface area contributed by atoms with Gasteiger partial charge < -0.3 is 10.6 Å². The van der Waals surface area contributed by atoms with Crippen molar-refractivity contribution in [3.63, 3.8) is 0 Å². The van der Waals surface area contributed by atoms with E-state index in [1.807, 2.05) is 20.8 Å². The molecule has 4 nitrogen and oxygen atoms in total. The summed E-state index contributed by atoms with van der Waals surface area (Å²) in [6.45, 7) is 7.61. The zero-order valence-corrected chi connectivity index (χ0v) is 17.0. The molecule has 24 heavy (non-hydrogen) atoms. The van der Waals surface area contributed by atoms with Crippen molar-refractivity contribution in [3.8, 4) is 0 Å². The van der Waals surface area contributed by atoms with E-state index in [9.17, 15) is 9.59 Å². The van der Waals surface area contributed by atoms with E-state index in [4.69, 9.17) is 0 Å². The Bertz CT molecular complexity index is 526. The van der Waals surface area contributed by atoms with Gasteiger partial charge in [-0.15, -0.1) is 0 Å². The number of carbonyl (C=O) groups excluding carboxylic acids is 2. The fourth-order valence-corrected chi connectivity index (χ4v) is 7.23. The third-order valence-corrected chi connectivity index (χ3v) is 6.84. The fourth-order valence-electron chi connectivity index (χ4n) is 5.72. The SMILES string of the molecule is CC(NC(=O)CC12CC3CC(CC(Br)(C3)C1)C2)C(=O)NC(C)(C)C. The van der Waals surface area contributed by atoms with Crippen molar-refractivity contribution in [2.24, 2.45) is 17.3 Å². The largest absolute Gasteiger partial charge is 0.350 e. The quantitative estimate of drug-likeness (QED) is 0.711. The Labute approximate surface area is 154 Å². The van der Waals surface area contributed by atoms with Crippen LogP contribution in [-0.2, 0) is 9.59 Å². The first-order valence-electron chi connectivity index (χ1n) is 9.28. The molecule has 4 fully saturated rings. The zero-order chi connectivity index (χ0) is 17.8. The Kier molecular flexibility index (Phi) is 4.55. The zero-order valence-electron chi connectivity index (χ0n) is 15.4. The highest BCUT2D eigenvalue weighted by Gasteiger charge is 2.57. The predicted molar refractivity (Wildman–Crippen MR) is 98.9 cm³/mol. The minimum absolute atomic E-state index is 0.0320. The molecule has 5 heteroatoms. The maximum Gasteiger partial charge on any atom is 0.242 e. The van der Waals surface area contributed by atoms with Crippen molar-refractivity contribution in [2.45, 2.75) is 88.5 Å². The van der Waals surface area contributed by atoms with Gasteiger partial charge in [0.15, 0.2) is 0 Å². The summed E-state index contributed by atoms with van der Waals surface area (Å²) in [4.78, 5) is 24.8. The second kappa shape index (κ2) is 6.00. The number of carbonyl (C=O) groups is 2. The second-order valence-corrected chi connectivity index (χ2v) is 11.5. The highest BCUT2D eigenvalue weighted by atomic mass is 79.9. The van der Waals surface area contributed by atoms with Gasteiger partial charge in [0.1, 0.15) is 6.04 Å². The number of hydrogen-bond donors (Lipinski definition) is 2. The summed E-state index contributed by atoms with van der Waals surface area (Å²) in [7, 11) is 0. The maximum absolute atomic E-state index is 12.6. The van der Waals surface area contributed by atoms with E-state index in [0.717, 1.165) is 18.3 Å². The Morgan fingerprint density at radius 1 is 1.17 bits per heavy atom. The standard InChI is InChI=1S/C19H31BrN2O2/c1-12(16(24)22-17(2,3)4)21-15(23)10-18-6-13-5-14(7-18)9-19(20,8-13)11-18/h12-14H,5-11H2,1-4H3,(H,21,23)(H,22,24). The van der Waals surface area contributed by atoms with Gasteiger partial charge in [-0.05, 0) is 83.5 Å². The molecular formula is C19H31BrN2O2. The summed E-state index contributed by atoms with van der Waals surface area (Å²) < 4.78 is 0.270. The number of alkyl halides is 1. The number of rotatable bonds is 4. The molecule has 4 aliphatic rings. The molecule has 3 atom stereocenters. The first-order chi connectivity index (χ1) is 11.0. The predicted octanol–water partition coefficient (Wildman–Crippen LogP) is 3.53. The summed E-state index contributed by atoms with van der Waals surface area (Å²) in [5.41, 5.74) is -0.129. The molecule has 0 radical (unpaired) electrons. The van der Waals surface area contributed by atoms with Gasteiger partial charge in [0, 0.05) is 16.3 Å². The molecule has 0 heterocycles.